The van der Waals surface area contributed by atoms with Gasteiger partial charge >= 0.3 is 0 Å². The van der Waals surface area contributed by atoms with E-state index in [1.165, 1.54) is 100 Å². The topological polar surface area (TPSA) is 3.24 Å². The molecule has 0 saturated heterocycles. The lowest BCUT2D eigenvalue weighted by Crippen LogP contribution is -2.18. The molecule has 1 heteroatoms. The molecule has 0 spiro atoms. The number of fused-ring (bicyclic) bond motifs is 3. The van der Waals surface area contributed by atoms with Gasteiger partial charge in [0.1, 0.15) is 0 Å². The monoisotopic (exact) mass is 893 g/mol. The second-order valence-corrected chi connectivity index (χ2v) is 18.8. The van der Waals surface area contributed by atoms with Crippen LogP contribution in [0.2, 0.25) is 0 Å². The molecule has 0 saturated carbocycles. The molecule has 1 aliphatic carbocycles. The van der Waals surface area contributed by atoms with Gasteiger partial charge in [0.2, 0.25) is 0 Å². The van der Waals surface area contributed by atoms with Crippen LogP contribution in [-0.4, -0.2) is 0 Å². The van der Waals surface area contributed by atoms with Gasteiger partial charge in [-0.05, 0) is 149 Å². The summed E-state index contributed by atoms with van der Waals surface area (Å²) in [5, 5.41) is 0. The first kappa shape index (κ1) is 42.6. The Bertz CT molecular complexity index is 3580. The van der Waals surface area contributed by atoms with Gasteiger partial charge in [-0.1, -0.05) is 232 Å². The molecule has 12 rings (SSSR count). The first-order valence-corrected chi connectivity index (χ1v) is 24.3. The third kappa shape index (κ3) is 7.72. The molecule has 11 aromatic carbocycles. The number of benzene rings is 11. The van der Waals surface area contributed by atoms with Gasteiger partial charge in [0, 0.05) is 22.4 Å². The summed E-state index contributed by atoms with van der Waals surface area (Å²) in [4.78, 5) is 2.47. The van der Waals surface area contributed by atoms with Gasteiger partial charge in [-0.15, -0.1) is 0 Å². The molecule has 0 aromatic heterocycles. The van der Waals surface area contributed by atoms with E-state index in [4.69, 9.17) is 0 Å². The van der Waals surface area contributed by atoms with Gasteiger partial charge in [-0.3, -0.25) is 0 Å². The second-order valence-electron chi connectivity index (χ2n) is 18.8. The van der Waals surface area contributed by atoms with Crippen LogP contribution >= 0.6 is 0 Å². The maximum absolute atomic E-state index is 2.50. The predicted octanol–water partition coefficient (Wildman–Crippen LogP) is 19.1. The average molecular weight is 894 g/mol. The van der Waals surface area contributed by atoms with Gasteiger partial charge in [-0.25, -0.2) is 0 Å². The fourth-order valence-electron chi connectivity index (χ4n) is 10.9. The number of nitrogens with zero attached hydrogens (tertiary/aromatic N) is 1. The molecule has 0 aliphatic heterocycles. The van der Waals surface area contributed by atoms with Crippen LogP contribution in [0.15, 0.2) is 273 Å². The predicted molar refractivity (Wildman–Crippen MR) is 297 cm³/mol. The molecule has 0 bridgehead atoms. The van der Waals surface area contributed by atoms with E-state index < -0.39 is 0 Å². The van der Waals surface area contributed by atoms with Crippen molar-refractivity contribution in [1.29, 1.82) is 0 Å². The minimum absolute atomic E-state index is 0.383. The zero-order chi connectivity index (χ0) is 47.0. The van der Waals surface area contributed by atoms with Crippen molar-refractivity contribution in [2.75, 3.05) is 4.90 Å². The Morgan fingerprint density at radius 1 is 0.257 bits per heavy atom. The number of para-hydroxylation sites is 1. The molecular formula is C69H51N. The summed E-state index contributed by atoms with van der Waals surface area (Å²) < 4.78 is 0. The molecule has 0 amide bonds. The van der Waals surface area contributed by atoms with Crippen LogP contribution in [0.5, 0.6) is 0 Å². The molecule has 0 heterocycles. The van der Waals surface area contributed by atoms with E-state index in [0.717, 1.165) is 17.1 Å². The van der Waals surface area contributed by atoms with E-state index in [-0.39, 0.29) is 5.41 Å². The van der Waals surface area contributed by atoms with Crippen LogP contribution in [0.25, 0.3) is 89.0 Å². The Morgan fingerprint density at radius 2 is 0.700 bits per heavy atom. The van der Waals surface area contributed by atoms with E-state index >= 15 is 0 Å². The summed E-state index contributed by atoms with van der Waals surface area (Å²) in [5.74, 6) is 0. The van der Waals surface area contributed by atoms with Crippen LogP contribution in [0.1, 0.15) is 25.0 Å². The van der Waals surface area contributed by atoms with Crippen molar-refractivity contribution in [2.45, 2.75) is 19.3 Å². The minimum Gasteiger partial charge on any atom is -0.310 e. The zero-order valence-corrected chi connectivity index (χ0v) is 39.4. The lowest BCUT2D eigenvalue weighted by atomic mass is 9.76. The molecule has 0 unspecified atom stereocenters. The highest BCUT2D eigenvalue weighted by molar-refractivity contribution is 6.05. The smallest absolute Gasteiger partial charge is 0.0540 e. The SMILES string of the molecule is CC1(C)c2cc(N(c3cccc(-c4ccccc4)c3)c3ccccc3-c3ccccc3)ccc2-c2c(-c3ccccc3)c(-c3cc(-c4ccccc4)cc(-c4ccccc4)c3)cc(-c3ccccc3)c21. The van der Waals surface area contributed by atoms with Crippen molar-refractivity contribution in [3.63, 3.8) is 0 Å². The first-order chi connectivity index (χ1) is 34.5. The highest BCUT2D eigenvalue weighted by Gasteiger charge is 2.41. The highest BCUT2D eigenvalue weighted by atomic mass is 15.1. The summed E-state index contributed by atoms with van der Waals surface area (Å²) >= 11 is 0. The summed E-state index contributed by atoms with van der Waals surface area (Å²) in [6.07, 6.45) is 0. The van der Waals surface area contributed by atoms with Crippen LogP contribution in [0, 0.1) is 0 Å². The highest BCUT2D eigenvalue weighted by Crippen LogP contribution is 2.59. The first-order valence-electron chi connectivity index (χ1n) is 24.3. The van der Waals surface area contributed by atoms with Gasteiger partial charge in [0.25, 0.3) is 0 Å². The zero-order valence-electron chi connectivity index (χ0n) is 39.4. The molecule has 332 valence electrons. The van der Waals surface area contributed by atoms with Gasteiger partial charge in [0.05, 0.1) is 5.69 Å². The van der Waals surface area contributed by atoms with Gasteiger partial charge in [0.15, 0.2) is 0 Å². The maximum atomic E-state index is 2.50. The number of hydrogen-bond acceptors (Lipinski definition) is 1. The molecule has 0 N–H and O–H groups in total. The fraction of sp³-hybridized carbons (Fsp3) is 0.0435. The number of anilines is 3. The molecule has 0 fully saturated rings. The molecule has 1 nitrogen and oxygen atoms in total. The summed E-state index contributed by atoms with van der Waals surface area (Å²) in [5.41, 5.74) is 24.9. The largest absolute Gasteiger partial charge is 0.310 e. The number of hydrogen-bond donors (Lipinski definition) is 0. The van der Waals surface area contributed by atoms with E-state index in [1.54, 1.807) is 0 Å². The Hall–Kier alpha value is -8.78. The number of rotatable bonds is 10. The minimum atomic E-state index is -0.383. The van der Waals surface area contributed by atoms with E-state index in [2.05, 4.69) is 292 Å². The third-order valence-corrected chi connectivity index (χ3v) is 14.2. The molecular weight excluding hydrogens is 843 g/mol. The maximum Gasteiger partial charge on any atom is 0.0540 e. The van der Waals surface area contributed by atoms with Crippen LogP contribution in [0.4, 0.5) is 17.1 Å². The van der Waals surface area contributed by atoms with E-state index in [1.807, 2.05) is 0 Å². The summed E-state index contributed by atoms with van der Waals surface area (Å²) in [7, 11) is 0. The molecule has 70 heavy (non-hydrogen) atoms. The molecule has 1 aliphatic rings. The third-order valence-electron chi connectivity index (χ3n) is 14.2. The Labute approximate surface area is 412 Å². The van der Waals surface area contributed by atoms with Crippen molar-refractivity contribution in [3.8, 4) is 89.0 Å². The lowest BCUT2D eigenvalue weighted by Gasteiger charge is -2.30. The fourth-order valence-corrected chi connectivity index (χ4v) is 10.9. The Kier molecular flexibility index (Phi) is 11.0. The summed E-state index contributed by atoms with van der Waals surface area (Å²) in [6.45, 7) is 4.87. The van der Waals surface area contributed by atoms with Gasteiger partial charge < -0.3 is 4.90 Å². The van der Waals surface area contributed by atoms with Gasteiger partial charge in [-0.2, -0.15) is 0 Å². The van der Waals surface area contributed by atoms with E-state index in [9.17, 15) is 0 Å². The van der Waals surface area contributed by atoms with Crippen molar-refractivity contribution in [2.24, 2.45) is 0 Å². The van der Waals surface area contributed by atoms with Crippen molar-refractivity contribution in [3.05, 3.63) is 284 Å². The van der Waals surface area contributed by atoms with Crippen LogP contribution in [-0.2, 0) is 5.41 Å². The molecule has 0 radical (unpaired) electrons. The Morgan fingerprint density at radius 3 is 1.27 bits per heavy atom. The Balaban J connectivity index is 1.13. The van der Waals surface area contributed by atoms with E-state index in [0.29, 0.717) is 0 Å². The van der Waals surface area contributed by atoms with Crippen LogP contribution < -0.4 is 4.90 Å². The summed E-state index contributed by atoms with van der Waals surface area (Å²) in [6, 6.07) is 100.0. The van der Waals surface area contributed by atoms with Crippen molar-refractivity contribution < 1.29 is 0 Å². The normalized spacial score (nSPS) is 12.3. The van der Waals surface area contributed by atoms with Crippen molar-refractivity contribution >= 4 is 17.1 Å². The van der Waals surface area contributed by atoms with Crippen LogP contribution in [0.3, 0.4) is 0 Å². The average Bonchev–Trinajstić information content (AvgIpc) is 3.67. The molecule has 11 aromatic rings. The second kappa shape index (κ2) is 18.0. The molecule has 0 atom stereocenters. The standard InChI is InChI=1S/C69H51N/c1-69(2)64-46-59(70(58-37-23-36-54(45-58)48-24-9-3-10-25-48)65-39-22-21-38-60(65)51-30-15-6-16-31-51)40-41-61(64)67-66(53-34-19-8-20-35-53)62(47-63(68(67)69)52-32-17-7-18-33-52)57-43-55(49-26-11-4-12-27-49)42-56(44-57)50-28-13-5-14-29-50/h3-47H,1-2H3. The van der Waals surface area contributed by atoms with Crippen molar-refractivity contribution in [1.82, 2.24) is 0 Å². The quantitative estimate of drug-likeness (QED) is 0.132. The lowest BCUT2D eigenvalue weighted by molar-refractivity contribution is 0.662.